The van der Waals surface area contributed by atoms with Crippen molar-refractivity contribution in [3.05, 3.63) is 34.2 Å². The largest absolute Gasteiger partial charge is 0.324 e. The van der Waals surface area contributed by atoms with Gasteiger partial charge in [0, 0.05) is 9.26 Å². The summed E-state index contributed by atoms with van der Waals surface area (Å²) in [6.45, 7) is 0.110. The lowest BCUT2D eigenvalue weighted by Gasteiger charge is -2.04. The number of nitrogens with one attached hydrogen (secondary N) is 1. The van der Waals surface area contributed by atoms with Crippen molar-refractivity contribution in [1.82, 2.24) is 20.2 Å². The SMILES string of the molecule is O=C(Cn1cnnn1)Nc1cccc(I)c1. The van der Waals surface area contributed by atoms with Crippen LogP contribution in [0, 0.1) is 3.57 Å². The summed E-state index contributed by atoms with van der Waals surface area (Å²) in [5.74, 6) is -0.158. The Morgan fingerprint density at radius 2 is 2.38 bits per heavy atom. The number of hydrogen-bond acceptors (Lipinski definition) is 4. The van der Waals surface area contributed by atoms with Crippen LogP contribution in [0.4, 0.5) is 5.69 Å². The number of hydrogen-bond donors (Lipinski definition) is 1. The Kier molecular flexibility index (Phi) is 3.44. The molecule has 16 heavy (non-hydrogen) atoms. The predicted molar refractivity (Wildman–Crippen MR) is 65.6 cm³/mol. The van der Waals surface area contributed by atoms with Crippen LogP contribution >= 0.6 is 22.6 Å². The van der Waals surface area contributed by atoms with E-state index in [1.807, 2.05) is 24.3 Å². The maximum absolute atomic E-state index is 11.6. The first-order chi connectivity index (χ1) is 7.74. The third-order valence-electron chi connectivity index (χ3n) is 1.81. The monoisotopic (exact) mass is 329 g/mol. The van der Waals surface area contributed by atoms with Crippen molar-refractivity contribution in [3.63, 3.8) is 0 Å². The number of amides is 1. The predicted octanol–water partition coefficient (Wildman–Crippen LogP) is 0.916. The smallest absolute Gasteiger partial charge is 0.246 e. The molecule has 0 saturated carbocycles. The molecule has 2 rings (SSSR count). The van der Waals surface area contributed by atoms with Crippen LogP contribution in [-0.2, 0) is 11.3 Å². The summed E-state index contributed by atoms with van der Waals surface area (Å²) in [4.78, 5) is 11.6. The highest BCUT2D eigenvalue weighted by atomic mass is 127. The molecule has 82 valence electrons. The molecule has 0 radical (unpaired) electrons. The first kappa shape index (κ1) is 11.0. The van der Waals surface area contributed by atoms with Crippen LogP contribution in [0.5, 0.6) is 0 Å². The van der Waals surface area contributed by atoms with Crippen LogP contribution in [0.1, 0.15) is 0 Å². The van der Waals surface area contributed by atoms with E-state index in [2.05, 4.69) is 43.4 Å². The van der Waals surface area contributed by atoms with E-state index in [0.717, 1.165) is 9.26 Å². The molecule has 2 aromatic rings. The molecule has 1 amide bonds. The number of rotatable bonds is 3. The van der Waals surface area contributed by atoms with Crippen molar-refractivity contribution in [2.45, 2.75) is 6.54 Å². The highest BCUT2D eigenvalue weighted by Crippen LogP contribution is 2.12. The fourth-order valence-electron chi connectivity index (χ4n) is 1.17. The average molecular weight is 329 g/mol. The molecule has 0 spiro atoms. The van der Waals surface area contributed by atoms with Gasteiger partial charge in [0.2, 0.25) is 5.91 Å². The molecule has 1 aromatic carbocycles. The van der Waals surface area contributed by atoms with Crippen molar-refractivity contribution in [2.24, 2.45) is 0 Å². The second kappa shape index (κ2) is 5.01. The van der Waals surface area contributed by atoms with Crippen molar-refractivity contribution >= 4 is 34.2 Å². The van der Waals surface area contributed by atoms with Crippen molar-refractivity contribution in [2.75, 3.05) is 5.32 Å². The summed E-state index contributed by atoms with van der Waals surface area (Å²) in [5.41, 5.74) is 0.768. The van der Waals surface area contributed by atoms with E-state index in [1.54, 1.807) is 0 Å². The maximum atomic E-state index is 11.6. The quantitative estimate of drug-likeness (QED) is 0.850. The Bertz CT molecular complexity index is 484. The standard InChI is InChI=1S/C9H8IN5O/c10-7-2-1-3-8(4-7)12-9(16)5-15-6-11-13-14-15/h1-4,6H,5H2,(H,12,16). The molecular formula is C9H8IN5O. The van der Waals surface area contributed by atoms with Crippen LogP contribution < -0.4 is 5.32 Å². The fraction of sp³-hybridized carbons (Fsp3) is 0.111. The first-order valence-corrected chi connectivity index (χ1v) is 5.58. The van der Waals surface area contributed by atoms with Crippen LogP contribution in [0.15, 0.2) is 30.6 Å². The summed E-state index contributed by atoms with van der Waals surface area (Å²) in [6, 6.07) is 7.56. The van der Waals surface area contributed by atoms with Crippen molar-refractivity contribution in [1.29, 1.82) is 0 Å². The number of carbonyl (C=O) groups is 1. The maximum Gasteiger partial charge on any atom is 0.246 e. The van der Waals surface area contributed by atoms with Gasteiger partial charge in [0.15, 0.2) is 0 Å². The number of benzene rings is 1. The van der Waals surface area contributed by atoms with E-state index in [1.165, 1.54) is 11.0 Å². The second-order valence-electron chi connectivity index (χ2n) is 3.07. The third-order valence-corrected chi connectivity index (χ3v) is 2.48. The summed E-state index contributed by atoms with van der Waals surface area (Å²) >= 11 is 2.19. The van der Waals surface area contributed by atoms with Gasteiger partial charge in [-0.05, 0) is 51.2 Å². The third kappa shape index (κ3) is 2.99. The fourth-order valence-corrected chi connectivity index (χ4v) is 1.71. The number of halogens is 1. The van der Waals surface area contributed by atoms with Gasteiger partial charge in [0.05, 0.1) is 0 Å². The molecule has 7 heteroatoms. The zero-order valence-corrected chi connectivity index (χ0v) is 10.3. The van der Waals surface area contributed by atoms with Crippen molar-refractivity contribution < 1.29 is 4.79 Å². The lowest BCUT2D eigenvalue weighted by Crippen LogP contribution is -2.19. The normalized spacial score (nSPS) is 10.1. The van der Waals surface area contributed by atoms with Gasteiger partial charge in [-0.3, -0.25) is 4.79 Å². The molecule has 1 aromatic heterocycles. The molecule has 0 unspecified atom stereocenters. The molecule has 0 saturated heterocycles. The molecule has 0 aliphatic rings. The number of aromatic nitrogens is 4. The highest BCUT2D eigenvalue weighted by Gasteiger charge is 2.04. The van der Waals surface area contributed by atoms with E-state index in [0.29, 0.717) is 0 Å². The minimum Gasteiger partial charge on any atom is -0.324 e. The topological polar surface area (TPSA) is 72.7 Å². The highest BCUT2D eigenvalue weighted by molar-refractivity contribution is 14.1. The molecule has 1 heterocycles. The van der Waals surface area contributed by atoms with Gasteiger partial charge in [-0.25, -0.2) is 4.68 Å². The molecular weight excluding hydrogens is 321 g/mol. The van der Waals surface area contributed by atoms with Gasteiger partial charge >= 0.3 is 0 Å². The zero-order chi connectivity index (χ0) is 11.4. The van der Waals surface area contributed by atoms with Gasteiger partial charge in [0.1, 0.15) is 12.9 Å². The van der Waals surface area contributed by atoms with E-state index in [-0.39, 0.29) is 12.5 Å². The molecule has 1 N–H and O–H groups in total. The number of anilines is 1. The number of nitrogens with zero attached hydrogens (tertiary/aromatic N) is 4. The molecule has 0 aliphatic heterocycles. The van der Waals surface area contributed by atoms with E-state index < -0.39 is 0 Å². The minimum absolute atomic E-state index is 0.110. The Morgan fingerprint density at radius 1 is 1.50 bits per heavy atom. The lowest BCUT2D eigenvalue weighted by molar-refractivity contribution is -0.116. The van der Waals surface area contributed by atoms with Gasteiger partial charge in [-0.2, -0.15) is 0 Å². The zero-order valence-electron chi connectivity index (χ0n) is 8.17. The molecule has 0 fully saturated rings. The van der Waals surface area contributed by atoms with Gasteiger partial charge in [0.25, 0.3) is 0 Å². The lowest BCUT2D eigenvalue weighted by atomic mass is 10.3. The minimum atomic E-state index is -0.158. The Labute approximate surface area is 105 Å². The average Bonchev–Trinajstić information content (AvgIpc) is 2.70. The summed E-state index contributed by atoms with van der Waals surface area (Å²) in [7, 11) is 0. The van der Waals surface area contributed by atoms with E-state index in [4.69, 9.17) is 0 Å². The summed E-state index contributed by atoms with van der Waals surface area (Å²) in [6.07, 6.45) is 1.40. The van der Waals surface area contributed by atoms with Crippen molar-refractivity contribution in [3.8, 4) is 0 Å². The summed E-state index contributed by atoms with van der Waals surface area (Å²) in [5, 5.41) is 13.3. The van der Waals surface area contributed by atoms with Crippen LogP contribution in [-0.4, -0.2) is 26.1 Å². The first-order valence-electron chi connectivity index (χ1n) is 4.50. The number of tetrazole rings is 1. The Hall–Kier alpha value is -1.51. The molecule has 0 aliphatic carbocycles. The summed E-state index contributed by atoms with van der Waals surface area (Å²) < 4.78 is 2.43. The van der Waals surface area contributed by atoms with Crippen LogP contribution in [0.2, 0.25) is 0 Å². The van der Waals surface area contributed by atoms with Gasteiger partial charge < -0.3 is 5.32 Å². The van der Waals surface area contributed by atoms with Gasteiger partial charge in [-0.15, -0.1) is 5.10 Å². The van der Waals surface area contributed by atoms with Crippen LogP contribution in [0.3, 0.4) is 0 Å². The Balaban J connectivity index is 1.97. The van der Waals surface area contributed by atoms with Gasteiger partial charge in [-0.1, -0.05) is 6.07 Å². The van der Waals surface area contributed by atoms with E-state index >= 15 is 0 Å². The number of carbonyl (C=O) groups excluding carboxylic acids is 1. The molecule has 6 nitrogen and oxygen atoms in total. The van der Waals surface area contributed by atoms with Crippen LogP contribution in [0.25, 0.3) is 0 Å². The second-order valence-corrected chi connectivity index (χ2v) is 4.31. The van der Waals surface area contributed by atoms with E-state index in [9.17, 15) is 4.79 Å². The molecule has 0 atom stereocenters. The Morgan fingerprint density at radius 3 is 3.06 bits per heavy atom. The molecule has 0 bridgehead atoms.